The number of nitrogens with zero attached hydrogens (tertiary/aromatic N) is 1. The zero-order chi connectivity index (χ0) is 15.5. The third-order valence-electron chi connectivity index (χ3n) is 2.69. The number of aromatic nitrogens is 1. The maximum atomic E-state index is 12.5. The van der Waals surface area contributed by atoms with Gasteiger partial charge in [-0.2, -0.15) is 13.2 Å². The van der Waals surface area contributed by atoms with E-state index in [1.165, 1.54) is 29.0 Å². The van der Waals surface area contributed by atoms with Crippen LogP contribution in [-0.2, 0) is 6.18 Å². The quantitative estimate of drug-likeness (QED) is 0.890. The third kappa shape index (κ3) is 4.19. The lowest BCUT2D eigenvalue weighted by molar-refractivity contribution is -0.137. The Morgan fingerprint density at radius 1 is 1.27 bits per heavy atom. The fraction of sp³-hybridized carbons (Fsp3) is 0.231. The van der Waals surface area contributed by atoms with Crippen LogP contribution in [0.4, 0.5) is 13.2 Å². The van der Waals surface area contributed by atoms with Gasteiger partial charge in [-0.25, -0.2) is 4.98 Å². The third-order valence-corrected chi connectivity index (χ3v) is 3.56. The van der Waals surface area contributed by atoms with E-state index in [0.29, 0.717) is 23.5 Å². The van der Waals surface area contributed by atoms with E-state index in [1.54, 1.807) is 0 Å². The van der Waals surface area contributed by atoms with Crippen molar-refractivity contribution in [1.82, 2.24) is 10.3 Å². The summed E-state index contributed by atoms with van der Waals surface area (Å²) in [5, 5.41) is 2.58. The number of halogens is 4. The largest absolute Gasteiger partial charge is 0.416 e. The molecule has 0 spiro atoms. The number of hydrogen-bond donors (Lipinski definition) is 2. The maximum Gasteiger partial charge on any atom is 0.416 e. The summed E-state index contributed by atoms with van der Waals surface area (Å²) in [6.45, 7) is 0.605. The molecule has 22 heavy (non-hydrogen) atoms. The van der Waals surface area contributed by atoms with Gasteiger partial charge in [-0.05, 0) is 17.7 Å². The number of amides is 1. The van der Waals surface area contributed by atoms with Gasteiger partial charge in [0.2, 0.25) is 0 Å². The molecule has 2 rings (SSSR count). The minimum absolute atomic E-state index is 0. The Hall–Kier alpha value is -1.64. The lowest BCUT2D eigenvalue weighted by Crippen LogP contribution is -2.29. The van der Waals surface area contributed by atoms with E-state index in [9.17, 15) is 18.0 Å². The van der Waals surface area contributed by atoms with Gasteiger partial charge in [0.15, 0.2) is 0 Å². The first-order chi connectivity index (χ1) is 9.93. The molecule has 0 aliphatic rings. The van der Waals surface area contributed by atoms with Gasteiger partial charge in [-0.15, -0.1) is 23.7 Å². The topological polar surface area (TPSA) is 68.0 Å². The number of alkyl halides is 3. The minimum atomic E-state index is -4.38. The Morgan fingerprint density at radius 2 is 1.91 bits per heavy atom. The van der Waals surface area contributed by atoms with Crippen molar-refractivity contribution in [2.24, 2.45) is 5.73 Å². The second-order valence-corrected chi connectivity index (χ2v) is 5.00. The number of nitrogens with one attached hydrogen (secondary N) is 1. The molecule has 1 amide bonds. The van der Waals surface area contributed by atoms with E-state index in [0.717, 1.165) is 12.1 Å². The molecule has 9 heteroatoms. The molecule has 0 unspecified atom stereocenters. The summed E-state index contributed by atoms with van der Waals surface area (Å²) in [6, 6.07) is 4.62. The lowest BCUT2D eigenvalue weighted by atomic mass is 10.1. The van der Waals surface area contributed by atoms with Gasteiger partial charge in [0.1, 0.15) is 5.69 Å². The molecule has 1 aromatic carbocycles. The Labute approximate surface area is 135 Å². The molecule has 0 aliphatic carbocycles. The van der Waals surface area contributed by atoms with Gasteiger partial charge >= 0.3 is 6.18 Å². The summed E-state index contributed by atoms with van der Waals surface area (Å²) in [6.07, 6.45) is -4.38. The van der Waals surface area contributed by atoms with Crippen LogP contribution >= 0.6 is 23.7 Å². The van der Waals surface area contributed by atoms with Crippen molar-refractivity contribution >= 4 is 29.7 Å². The van der Waals surface area contributed by atoms with Gasteiger partial charge in [0.05, 0.1) is 16.0 Å². The molecule has 2 aromatic rings. The molecule has 0 bridgehead atoms. The van der Waals surface area contributed by atoms with Crippen LogP contribution in [0.3, 0.4) is 0 Å². The van der Waals surface area contributed by atoms with Gasteiger partial charge in [0.25, 0.3) is 5.91 Å². The number of carbonyl (C=O) groups is 1. The van der Waals surface area contributed by atoms with Crippen molar-refractivity contribution in [2.75, 3.05) is 13.1 Å². The highest BCUT2D eigenvalue weighted by Crippen LogP contribution is 2.33. The van der Waals surface area contributed by atoms with E-state index >= 15 is 0 Å². The van der Waals surface area contributed by atoms with Crippen LogP contribution in [0.5, 0.6) is 0 Å². The molecule has 0 radical (unpaired) electrons. The molecule has 0 atom stereocenters. The van der Waals surface area contributed by atoms with Crippen molar-refractivity contribution in [1.29, 1.82) is 0 Å². The molecule has 1 aromatic heterocycles. The SMILES string of the molecule is Cl.NCCNC(=O)c1ncsc1-c1ccc(C(F)(F)F)cc1. The van der Waals surface area contributed by atoms with Gasteiger partial charge in [0, 0.05) is 13.1 Å². The Morgan fingerprint density at radius 3 is 2.45 bits per heavy atom. The summed E-state index contributed by atoms with van der Waals surface area (Å²) < 4.78 is 37.6. The van der Waals surface area contributed by atoms with Crippen molar-refractivity contribution < 1.29 is 18.0 Å². The van der Waals surface area contributed by atoms with E-state index in [1.807, 2.05) is 0 Å². The van der Waals surface area contributed by atoms with Crippen molar-refractivity contribution in [3.63, 3.8) is 0 Å². The highest BCUT2D eigenvalue weighted by Gasteiger charge is 2.30. The Bertz CT molecular complexity index is 628. The average molecular weight is 352 g/mol. The highest BCUT2D eigenvalue weighted by molar-refractivity contribution is 7.13. The van der Waals surface area contributed by atoms with Crippen molar-refractivity contribution in [3.05, 3.63) is 41.0 Å². The number of hydrogen-bond acceptors (Lipinski definition) is 4. The van der Waals surface area contributed by atoms with Crippen LogP contribution in [-0.4, -0.2) is 24.0 Å². The first-order valence-electron chi connectivity index (χ1n) is 6.03. The predicted molar refractivity (Wildman–Crippen MR) is 81.2 cm³/mol. The molecule has 0 saturated carbocycles. The summed E-state index contributed by atoms with van der Waals surface area (Å²) >= 11 is 1.19. The second kappa shape index (κ2) is 7.57. The first kappa shape index (κ1) is 18.4. The molecule has 3 N–H and O–H groups in total. The fourth-order valence-electron chi connectivity index (χ4n) is 1.69. The highest BCUT2D eigenvalue weighted by atomic mass is 35.5. The smallest absolute Gasteiger partial charge is 0.349 e. The molecular formula is C13H13ClF3N3OS. The van der Waals surface area contributed by atoms with Gasteiger partial charge < -0.3 is 11.1 Å². The Balaban J connectivity index is 0.00000242. The molecular weight excluding hydrogens is 339 g/mol. The first-order valence-corrected chi connectivity index (χ1v) is 6.91. The molecule has 0 fully saturated rings. The van der Waals surface area contributed by atoms with E-state index < -0.39 is 17.6 Å². The molecule has 0 aliphatic heterocycles. The number of rotatable bonds is 4. The van der Waals surface area contributed by atoms with Gasteiger partial charge in [-0.1, -0.05) is 12.1 Å². The van der Waals surface area contributed by atoms with E-state index in [4.69, 9.17) is 5.73 Å². The zero-order valence-corrected chi connectivity index (χ0v) is 12.8. The van der Waals surface area contributed by atoms with E-state index in [-0.39, 0.29) is 18.1 Å². The zero-order valence-electron chi connectivity index (χ0n) is 11.2. The Kier molecular flexibility index (Phi) is 6.34. The van der Waals surface area contributed by atoms with Crippen LogP contribution in [0.2, 0.25) is 0 Å². The normalized spacial score (nSPS) is 10.9. The van der Waals surface area contributed by atoms with Crippen LogP contribution < -0.4 is 11.1 Å². The summed E-state index contributed by atoms with van der Waals surface area (Å²) in [5.41, 5.74) is 6.75. The fourth-order valence-corrected chi connectivity index (χ4v) is 2.49. The summed E-state index contributed by atoms with van der Waals surface area (Å²) in [4.78, 5) is 16.4. The second-order valence-electron chi connectivity index (χ2n) is 4.15. The number of carbonyl (C=O) groups excluding carboxylic acids is 1. The molecule has 4 nitrogen and oxygen atoms in total. The summed E-state index contributed by atoms with van der Waals surface area (Å²) in [7, 11) is 0. The van der Waals surface area contributed by atoms with Crippen molar-refractivity contribution in [3.8, 4) is 10.4 Å². The average Bonchev–Trinajstić information content (AvgIpc) is 2.93. The van der Waals surface area contributed by atoms with Gasteiger partial charge in [-0.3, -0.25) is 4.79 Å². The summed E-state index contributed by atoms with van der Waals surface area (Å²) in [5.74, 6) is -0.392. The molecule has 120 valence electrons. The molecule has 0 saturated heterocycles. The van der Waals surface area contributed by atoms with Crippen LogP contribution in [0.25, 0.3) is 10.4 Å². The number of nitrogens with two attached hydrogens (primary N) is 1. The van der Waals surface area contributed by atoms with Crippen LogP contribution in [0, 0.1) is 0 Å². The standard InChI is InChI=1S/C13H12F3N3OS.ClH/c14-13(15,16)9-3-1-8(2-4-9)11-10(19-7-21-11)12(20)18-6-5-17;/h1-4,7H,5-6,17H2,(H,18,20);1H. The van der Waals surface area contributed by atoms with Crippen LogP contribution in [0.1, 0.15) is 16.1 Å². The molecule has 1 heterocycles. The monoisotopic (exact) mass is 351 g/mol. The predicted octanol–water partition coefficient (Wildman–Crippen LogP) is 2.94. The lowest BCUT2D eigenvalue weighted by Gasteiger charge is -2.08. The minimum Gasteiger partial charge on any atom is -0.349 e. The van der Waals surface area contributed by atoms with Crippen LogP contribution in [0.15, 0.2) is 29.8 Å². The van der Waals surface area contributed by atoms with Crippen molar-refractivity contribution in [2.45, 2.75) is 6.18 Å². The maximum absolute atomic E-state index is 12.5. The van der Waals surface area contributed by atoms with E-state index in [2.05, 4.69) is 10.3 Å². The number of benzene rings is 1. The number of thiazole rings is 1.